The van der Waals surface area contributed by atoms with Gasteiger partial charge in [-0.05, 0) is 36.3 Å². The van der Waals surface area contributed by atoms with Crippen LogP contribution >= 0.6 is 11.6 Å². The van der Waals surface area contributed by atoms with Gasteiger partial charge in [-0.15, -0.1) is 0 Å². The highest BCUT2D eigenvalue weighted by atomic mass is 35.5. The summed E-state index contributed by atoms with van der Waals surface area (Å²) in [4.78, 5) is 4.27. The third-order valence-electron chi connectivity index (χ3n) is 2.60. The molecule has 2 nitrogen and oxygen atoms in total. The van der Waals surface area contributed by atoms with Crippen molar-refractivity contribution in [3.8, 4) is 12.0 Å². The molecule has 0 fully saturated rings. The van der Waals surface area contributed by atoms with Gasteiger partial charge in [0.25, 0.3) is 0 Å². The molecule has 2 aromatic carbocycles. The second-order valence-electron chi connectivity index (χ2n) is 3.85. The summed E-state index contributed by atoms with van der Waals surface area (Å²) >= 11 is 5.92. The van der Waals surface area contributed by atoms with Crippen molar-refractivity contribution in [2.24, 2.45) is 0 Å². The number of hydrogen-bond acceptors (Lipinski definition) is 1. The van der Waals surface area contributed by atoms with E-state index >= 15 is 0 Å². The van der Waals surface area contributed by atoms with Crippen LogP contribution in [-0.4, -0.2) is 9.55 Å². The molecule has 0 aliphatic rings. The number of fused-ring (bicyclic) bond motifs is 1. The predicted molar refractivity (Wildman–Crippen MR) is 73.5 cm³/mol. The minimum atomic E-state index is 0.684. The molecule has 86 valence electrons. The molecule has 18 heavy (non-hydrogen) atoms. The van der Waals surface area contributed by atoms with Crippen LogP contribution in [0.3, 0.4) is 0 Å². The lowest BCUT2D eigenvalue weighted by atomic mass is 10.2. The van der Waals surface area contributed by atoms with E-state index in [4.69, 9.17) is 11.6 Å². The first-order valence-corrected chi connectivity index (χ1v) is 5.90. The zero-order valence-electron chi connectivity index (χ0n) is 9.47. The average Bonchev–Trinajstić information content (AvgIpc) is 2.80. The number of hydrogen-bond donors (Lipinski definition) is 0. The number of benzene rings is 2. The number of rotatable bonds is 0. The standard InChI is InChI=1S/C15H9ClN2/c16-13-6-7-15-14(10-13)17-11-18(15)9-8-12-4-2-1-3-5-12/h1-7,10-11H. The summed E-state index contributed by atoms with van der Waals surface area (Å²) in [6.07, 6.45) is 1.71. The Labute approximate surface area is 110 Å². The monoisotopic (exact) mass is 252 g/mol. The number of nitrogens with zero attached hydrogens (tertiary/aromatic N) is 2. The van der Waals surface area contributed by atoms with Crippen molar-refractivity contribution < 1.29 is 0 Å². The van der Waals surface area contributed by atoms with E-state index in [2.05, 4.69) is 16.9 Å². The van der Waals surface area contributed by atoms with E-state index < -0.39 is 0 Å². The first-order valence-electron chi connectivity index (χ1n) is 5.52. The van der Waals surface area contributed by atoms with Crippen molar-refractivity contribution >= 4 is 22.6 Å². The Kier molecular flexibility index (Phi) is 2.76. The fourth-order valence-corrected chi connectivity index (χ4v) is 1.89. The zero-order chi connectivity index (χ0) is 12.4. The van der Waals surface area contributed by atoms with Crippen LogP contribution in [0, 0.1) is 12.0 Å². The van der Waals surface area contributed by atoms with E-state index in [0.717, 1.165) is 16.6 Å². The summed E-state index contributed by atoms with van der Waals surface area (Å²) in [6, 6.07) is 18.5. The number of imidazole rings is 1. The summed E-state index contributed by atoms with van der Waals surface area (Å²) in [5, 5.41) is 0.684. The molecule has 0 amide bonds. The SMILES string of the molecule is Clc1ccc2c(c1)ncn2C#Cc1ccccc1. The largest absolute Gasteiger partial charge is 0.257 e. The van der Waals surface area contributed by atoms with Gasteiger partial charge in [0.2, 0.25) is 0 Å². The molecule has 0 aliphatic carbocycles. The van der Waals surface area contributed by atoms with Gasteiger partial charge in [-0.1, -0.05) is 29.8 Å². The van der Waals surface area contributed by atoms with E-state index in [1.54, 1.807) is 10.9 Å². The Balaban J connectivity index is 2.04. The van der Waals surface area contributed by atoms with Crippen molar-refractivity contribution in [1.29, 1.82) is 0 Å². The Morgan fingerprint density at radius 1 is 1.06 bits per heavy atom. The number of halogens is 1. The Hall–Kier alpha value is -2.24. The lowest BCUT2D eigenvalue weighted by Crippen LogP contribution is -1.85. The maximum absolute atomic E-state index is 5.92. The lowest BCUT2D eigenvalue weighted by Gasteiger charge is -1.93. The normalized spacial score (nSPS) is 10.1. The van der Waals surface area contributed by atoms with Gasteiger partial charge in [-0.3, -0.25) is 4.57 Å². The van der Waals surface area contributed by atoms with Crippen LogP contribution in [0.25, 0.3) is 11.0 Å². The van der Waals surface area contributed by atoms with Crippen LogP contribution in [0.5, 0.6) is 0 Å². The molecule has 0 aliphatic heterocycles. The molecule has 0 bridgehead atoms. The van der Waals surface area contributed by atoms with Crippen LogP contribution in [0.4, 0.5) is 0 Å². The fraction of sp³-hybridized carbons (Fsp3) is 0. The Morgan fingerprint density at radius 2 is 1.89 bits per heavy atom. The average molecular weight is 253 g/mol. The predicted octanol–water partition coefficient (Wildman–Crippen LogP) is 3.55. The first-order chi connectivity index (χ1) is 8.83. The molecule has 1 aromatic heterocycles. The molecule has 3 aromatic rings. The highest BCUT2D eigenvalue weighted by molar-refractivity contribution is 6.31. The maximum atomic E-state index is 5.92. The topological polar surface area (TPSA) is 17.8 Å². The molecule has 0 N–H and O–H groups in total. The molecule has 1 heterocycles. The molecule has 3 rings (SSSR count). The van der Waals surface area contributed by atoms with E-state index in [9.17, 15) is 0 Å². The van der Waals surface area contributed by atoms with Crippen LogP contribution in [0.1, 0.15) is 5.56 Å². The summed E-state index contributed by atoms with van der Waals surface area (Å²) < 4.78 is 1.80. The van der Waals surface area contributed by atoms with Crippen LogP contribution in [-0.2, 0) is 0 Å². The van der Waals surface area contributed by atoms with Crippen molar-refractivity contribution in [2.45, 2.75) is 0 Å². The van der Waals surface area contributed by atoms with Crippen molar-refractivity contribution in [3.05, 3.63) is 65.4 Å². The third-order valence-corrected chi connectivity index (χ3v) is 2.84. The highest BCUT2D eigenvalue weighted by Gasteiger charge is 2.00. The number of aromatic nitrogens is 2. The van der Waals surface area contributed by atoms with Crippen molar-refractivity contribution in [1.82, 2.24) is 9.55 Å². The van der Waals surface area contributed by atoms with E-state index in [-0.39, 0.29) is 0 Å². The van der Waals surface area contributed by atoms with E-state index in [1.165, 1.54) is 0 Å². The van der Waals surface area contributed by atoms with Crippen molar-refractivity contribution in [3.63, 3.8) is 0 Å². The minimum Gasteiger partial charge on any atom is -0.257 e. The van der Waals surface area contributed by atoms with Gasteiger partial charge in [0.1, 0.15) is 6.33 Å². The summed E-state index contributed by atoms with van der Waals surface area (Å²) in [7, 11) is 0. The maximum Gasteiger partial charge on any atom is 0.108 e. The van der Waals surface area contributed by atoms with Gasteiger partial charge < -0.3 is 0 Å². The van der Waals surface area contributed by atoms with Crippen molar-refractivity contribution in [2.75, 3.05) is 0 Å². The minimum absolute atomic E-state index is 0.684. The summed E-state index contributed by atoms with van der Waals surface area (Å²) in [6.45, 7) is 0. The molecule has 0 spiro atoms. The summed E-state index contributed by atoms with van der Waals surface area (Å²) in [5.74, 6) is 3.09. The molecule has 0 atom stereocenters. The smallest absolute Gasteiger partial charge is 0.108 e. The second-order valence-corrected chi connectivity index (χ2v) is 4.29. The molecule has 0 radical (unpaired) electrons. The quantitative estimate of drug-likeness (QED) is 0.560. The molecule has 0 saturated carbocycles. The van der Waals surface area contributed by atoms with Crippen LogP contribution in [0.2, 0.25) is 5.02 Å². The molecule has 0 unspecified atom stereocenters. The van der Waals surface area contributed by atoms with Gasteiger partial charge in [0, 0.05) is 16.6 Å². The van der Waals surface area contributed by atoms with Gasteiger partial charge in [0.15, 0.2) is 0 Å². The Morgan fingerprint density at radius 3 is 2.72 bits per heavy atom. The molecule has 0 saturated heterocycles. The lowest BCUT2D eigenvalue weighted by molar-refractivity contribution is 1.15. The molecule has 3 heteroatoms. The Bertz CT molecular complexity index is 748. The third kappa shape index (κ3) is 2.09. The zero-order valence-corrected chi connectivity index (χ0v) is 10.2. The van der Waals surface area contributed by atoms with Gasteiger partial charge in [0.05, 0.1) is 11.0 Å². The van der Waals surface area contributed by atoms with Gasteiger partial charge in [-0.2, -0.15) is 0 Å². The van der Waals surface area contributed by atoms with Crippen LogP contribution in [0.15, 0.2) is 54.9 Å². The van der Waals surface area contributed by atoms with Gasteiger partial charge >= 0.3 is 0 Å². The summed E-state index contributed by atoms with van der Waals surface area (Å²) in [5.41, 5.74) is 2.79. The molecular weight excluding hydrogens is 244 g/mol. The van der Waals surface area contributed by atoms with E-state index in [1.807, 2.05) is 48.5 Å². The van der Waals surface area contributed by atoms with Crippen LogP contribution < -0.4 is 0 Å². The fourth-order valence-electron chi connectivity index (χ4n) is 1.72. The second kappa shape index (κ2) is 4.56. The van der Waals surface area contributed by atoms with E-state index in [0.29, 0.717) is 5.02 Å². The first kappa shape index (κ1) is 10.9. The molecular formula is C15H9ClN2. The highest BCUT2D eigenvalue weighted by Crippen LogP contribution is 2.17. The van der Waals surface area contributed by atoms with Gasteiger partial charge in [-0.25, -0.2) is 4.98 Å².